The summed E-state index contributed by atoms with van der Waals surface area (Å²) >= 11 is 0. The van der Waals surface area contributed by atoms with Gasteiger partial charge in [0, 0.05) is 7.11 Å². The molecule has 0 N–H and O–H groups in total. The van der Waals surface area contributed by atoms with E-state index in [1.165, 1.54) is 27.4 Å². The molecule has 2 aromatic carbocycles. The number of unbranched alkanes of at least 4 members (excludes halogenated alkanes) is 1. The first-order valence-electron chi connectivity index (χ1n) is 11.7. The maximum Gasteiger partial charge on any atom is 0.351 e. The van der Waals surface area contributed by atoms with Crippen LogP contribution in [0.1, 0.15) is 24.0 Å². The fourth-order valence-corrected chi connectivity index (χ4v) is 3.82. The standard InChI is InChI=1S/C26H29N3O9/c1-33-21-18-22(34-2)28-25(27-21)38-23(24(30)36-16-10-11-17-37-29(31)32)26(35-3,19-12-6-4-7-13-19)20-14-8-5-9-15-20/h4-9,12-15,18,23H,10-11,16-17H2,1-3H3. The van der Waals surface area contributed by atoms with Crippen LogP contribution in [0.4, 0.5) is 0 Å². The number of ether oxygens (including phenoxy) is 5. The van der Waals surface area contributed by atoms with Gasteiger partial charge in [-0.1, -0.05) is 60.7 Å². The lowest BCUT2D eigenvalue weighted by atomic mass is 9.81. The van der Waals surface area contributed by atoms with Gasteiger partial charge in [-0.2, -0.15) is 9.97 Å². The quantitative estimate of drug-likeness (QED) is 0.124. The van der Waals surface area contributed by atoms with Crippen molar-refractivity contribution in [2.24, 2.45) is 0 Å². The maximum absolute atomic E-state index is 13.7. The van der Waals surface area contributed by atoms with Crippen molar-refractivity contribution < 1.29 is 38.4 Å². The van der Waals surface area contributed by atoms with Crippen molar-refractivity contribution in [1.82, 2.24) is 9.97 Å². The molecule has 0 spiro atoms. The highest BCUT2D eigenvalue weighted by atomic mass is 16.9. The fourth-order valence-electron chi connectivity index (χ4n) is 3.82. The third-order valence-corrected chi connectivity index (χ3v) is 5.59. The molecule has 1 aromatic heterocycles. The van der Waals surface area contributed by atoms with E-state index in [1.54, 1.807) is 0 Å². The number of methoxy groups -OCH3 is 3. The first-order chi connectivity index (χ1) is 18.4. The van der Waals surface area contributed by atoms with Gasteiger partial charge >= 0.3 is 12.0 Å². The number of carbonyl (C=O) groups excluding carboxylic acids is 1. The van der Waals surface area contributed by atoms with E-state index >= 15 is 0 Å². The molecule has 0 fully saturated rings. The highest BCUT2D eigenvalue weighted by molar-refractivity contribution is 5.78. The molecule has 0 aliphatic carbocycles. The molecule has 38 heavy (non-hydrogen) atoms. The molecule has 0 aliphatic heterocycles. The van der Waals surface area contributed by atoms with Crippen LogP contribution in [0.2, 0.25) is 0 Å². The molecule has 0 amide bonds. The van der Waals surface area contributed by atoms with Crippen molar-refractivity contribution in [1.29, 1.82) is 0 Å². The van der Waals surface area contributed by atoms with E-state index in [4.69, 9.17) is 23.7 Å². The molecule has 0 saturated carbocycles. The predicted molar refractivity (Wildman–Crippen MR) is 133 cm³/mol. The molecule has 202 valence electrons. The molecule has 1 heterocycles. The summed E-state index contributed by atoms with van der Waals surface area (Å²) in [5, 5.41) is 9.48. The second kappa shape index (κ2) is 13.7. The molecule has 12 nitrogen and oxygen atoms in total. The van der Waals surface area contributed by atoms with Crippen LogP contribution < -0.4 is 14.2 Å². The zero-order chi connectivity index (χ0) is 27.4. The Labute approximate surface area is 219 Å². The Kier molecular flexibility index (Phi) is 10.2. The molecule has 3 rings (SSSR count). The lowest BCUT2D eigenvalue weighted by Gasteiger charge is -2.38. The lowest BCUT2D eigenvalue weighted by Crippen LogP contribution is -2.51. The summed E-state index contributed by atoms with van der Waals surface area (Å²) in [6.07, 6.45) is -0.793. The second-order valence-corrected chi connectivity index (χ2v) is 7.84. The van der Waals surface area contributed by atoms with Crippen molar-refractivity contribution in [3.63, 3.8) is 0 Å². The van der Waals surface area contributed by atoms with E-state index in [2.05, 4.69) is 14.8 Å². The second-order valence-electron chi connectivity index (χ2n) is 7.84. The van der Waals surface area contributed by atoms with Gasteiger partial charge in [0.25, 0.3) is 5.09 Å². The minimum Gasteiger partial charge on any atom is -0.481 e. The topological polar surface area (TPSA) is 141 Å². The van der Waals surface area contributed by atoms with E-state index in [0.29, 0.717) is 24.0 Å². The van der Waals surface area contributed by atoms with E-state index in [9.17, 15) is 14.9 Å². The van der Waals surface area contributed by atoms with Crippen LogP contribution in [0.3, 0.4) is 0 Å². The highest BCUT2D eigenvalue weighted by Gasteiger charge is 2.50. The van der Waals surface area contributed by atoms with E-state index in [0.717, 1.165) is 0 Å². The number of carbonyl (C=O) groups is 1. The normalized spacial score (nSPS) is 11.8. The molecule has 1 atom stereocenters. The summed E-state index contributed by atoms with van der Waals surface area (Å²) in [5.41, 5.74) is -0.247. The van der Waals surface area contributed by atoms with Crippen molar-refractivity contribution in [2.75, 3.05) is 34.5 Å². The third kappa shape index (κ3) is 6.85. The molecule has 0 aliphatic rings. The Balaban J connectivity index is 2.03. The summed E-state index contributed by atoms with van der Waals surface area (Å²) in [4.78, 5) is 36.7. The smallest absolute Gasteiger partial charge is 0.351 e. The van der Waals surface area contributed by atoms with Crippen molar-refractivity contribution >= 4 is 5.97 Å². The zero-order valence-corrected chi connectivity index (χ0v) is 21.3. The lowest BCUT2D eigenvalue weighted by molar-refractivity contribution is -0.757. The molecule has 1 unspecified atom stereocenters. The average molecular weight is 528 g/mol. The van der Waals surface area contributed by atoms with Crippen molar-refractivity contribution in [3.05, 3.63) is 88.0 Å². The number of rotatable bonds is 15. The van der Waals surface area contributed by atoms with E-state index in [1.807, 2.05) is 60.7 Å². The number of esters is 1. The van der Waals surface area contributed by atoms with Crippen molar-refractivity contribution in [3.8, 4) is 17.8 Å². The molecular formula is C26H29N3O9. The summed E-state index contributed by atoms with van der Waals surface area (Å²) in [5.74, 6) is -0.445. The molecular weight excluding hydrogens is 498 g/mol. The molecule has 0 radical (unpaired) electrons. The van der Waals surface area contributed by atoms with Crippen LogP contribution in [-0.2, 0) is 24.7 Å². The van der Waals surface area contributed by atoms with Gasteiger partial charge < -0.3 is 28.5 Å². The van der Waals surface area contributed by atoms with Crippen LogP contribution in [0, 0.1) is 10.1 Å². The zero-order valence-electron chi connectivity index (χ0n) is 21.3. The van der Waals surface area contributed by atoms with Crippen molar-refractivity contribution in [2.45, 2.75) is 24.5 Å². The first-order valence-corrected chi connectivity index (χ1v) is 11.7. The SMILES string of the molecule is COc1cc(OC)nc(OC(C(=O)OCCCCO[N+](=O)[O-])C(OC)(c2ccccc2)c2ccccc2)n1. The highest BCUT2D eigenvalue weighted by Crippen LogP contribution is 2.39. The van der Waals surface area contributed by atoms with Gasteiger partial charge in [0.15, 0.2) is 5.60 Å². The molecule has 0 bridgehead atoms. The van der Waals surface area contributed by atoms with Gasteiger partial charge in [-0.15, -0.1) is 10.1 Å². The number of benzene rings is 2. The Bertz CT molecular complexity index is 1120. The summed E-state index contributed by atoms with van der Waals surface area (Å²) < 4.78 is 28.3. The Morgan fingerprint density at radius 1 is 0.895 bits per heavy atom. The van der Waals surface area contributed by atoms with Gasteiger partial charge in [0.1, 0.15) is 0 Å². The fraction of sp³-hybridized carbons (Fsp3) is 0.346. The summed E-state index contributed by atoms with van der Waals surface area (Å²) in [6.45, 7) is -0.149. The summed E-state index contributed by atoms with van der Waals surface area (Å²) in [6, 6.07) is 19.4. The predicted octanol–water partition coefficient (Wildman–Crippen LogP) is 3.36. The van der Waals surface area contributed by atoms with E-state index in [-0.39, 0.29) is 31.0 Å². The molecule has 0 saturated heterocycles. The Hall–Kier alpha value is -4.45. The van der Waals surface area contributed by atoms with Gasteiger partial charge in [0.05, 0.1) is 33.5 Å². The first kappa shape index (κ1) is 28.1. The van der Waals surface area contributed by atoms with E-state index < -0.39 is 22.8 Å². The Morgan fingerprint density at radius 3 is 1.89 bits per heavy atom. The molecule has 12 heteroatoms. The molecule has 3 aromatic rings. The Morgan fingerprint density at radius 2 is 1.42 bits per heavy atom. The minimum atomic E-state index is -1.48. The van der Waals surface area contributed by atoms with Crippen LogP contribution in [0.25, 0.3) is 0 Å². The number of hydrogen-bond donors (Lipinski definition) is 0. The van der Waals surface area contributed by atoms with Gasteiger partial charge in [0.2, 0.25) is 17.9 Å². The third-order valence-electron chi connectivity index (χ3n) is 5.59. The van der Waals surface area contributed by atoms with Crippen LogP contribution in [0.5, 0.6) is 17.8 Å². The van der Waals surface area contributed by atoms with Gasteiger partial charge in [-0.25, -0.2) is 4.79 Å². The maximum atomic E-state index is 13.7. The monoisotopic (exact) mass is 527 g/mol. The van der Waals surface area contributed by atoms with Gasteiger partial charge in [-0.05, 0) is 24.0 Å². The largest absolute Gasteiger partial charge is 0.481 e. The minimum absolute atomic E-state index is 0.0363. The van der Waals surface area contributed by atoms with Crippen LogP contribution >= 0.6 is 0 Å². The van der Waals surface area contributed by atoms with Gasteiger partial charge in [-0.3, -0.25) is 0 Å². The summed E-state index contributed by atoms with van der Waals surface area (Å²) in [7, 11) is 4.31. The number of nitrogens with zero attached hydrogens (tertiary/aromatic N) is 3. The number of hydrogen-bond acceptors (Lipinski definition) is 11. The van der Waals surface area contributed by atoms with Crippen LogP contribution in [0.15, 0.2) is 66.7 Å². The number of aromatic nitrogens is 2. The average Bonchev–Trinajstić information content (AvgIpc) is 2.95. The van der Waals surface area contributed by atoms with Crippen LogP contribution in [-0.4, -0.2) is 61.7 Å².